The van der Waals surface area contributed by atoms with E-state index in [1.54, 1.807) is 24.3 Å². The number of ketones is 1. The van der Waals surface area contributed by atoms with Crippen molar-refractivity contribution in [3.63, 3.8) is 0 Å². The number of carbonyl (C=O) groups excluding carboxylic acids is 1. The molecule has 0 saturated carbocycles. The Morgan fingerprint density at radius 1 is 0.846 bits per heavy atom. The van der Waals surface area contributed by atoms with Crippen LogP contribution >= 0.6 is 0 Å². The van der Waals surface area contributed by atoms with Crippen LogP contribution in [0.2, 0.25) is 0 Å². The third-order valence-electron chi connectivity index (χ3n) is 7.14. The van der Waals surface area contributed by atoms with E-state index in [-0.39, 0.29) is 21.9 Å². The fourth-order valence-electron chi connectivity index (χ4n) is 5.12. The maximum Gasteiger partial charge on any atom is 0.269 e. The Hall–Kier alpha value is -4.40. The second kappa shape index (κ2) is 10.4. The molecule has 1 aliphatic carbocycles. The summed E-state index contributed by atoms with van der Waals surface area (Å²) in [7, 11) is -4.10. The molecular formula is C31H26N2O5S. The van der Waals surface area contributed by atoms with E-state index in [0.29, 0.717) is 12.0 Å². The lowest BCUT2D eigenvalue weighted by atomic mass is 9.70. The highest BCUT2D eigenvalue weighted by molar-refractivity contribution is 7.89. The van der Waals surface area contributed by atoms with Gasteiger partial charge in [-0.3, -0.25) is 14.9 Å². The number of aryl methyl sites for hydroxylation is 1. The van der Waals surface area contributed by atoms with Gasteiger partial charge < -0.3 is 0 Å². The maximum atomic E-state index is 14.5. The number of hydrogen-bond acceptors (Lipinski definition) is 5. The van der Waals surface area contributed by atoms with Crippen LogP contribution in [-0.4, -0.2) is 19.1 Å². The molecule has 0 amide bonds. The highest BCUT2D eigenvalue weighted by Crippen LogP contribution is 2.46. The number of nitro groups is 1. The molecule has 0 aliphatic heterocycles. The summed E-state index contributed by atoms with van der Waals surface area (Å²) in [6.07, 6.45) is 2.07. The smallest absolute Gasteiger partial charge is 0.269 e. The van der Waals surface area contributed by atoms with Crippen molar-refractivity contribution in [2.24, 2.45) is 0 Å². The van der Waals surface area contributed by atoms with Crippen molar-refractivity contribution in [3.05, 3.63) is 153 Å². The summed E-state index contributed by atoms with van der Waals surface area (Å²) >= 11 is 0. The predicted octanol–water partition coefficient (Wildman–Crippen LogP) is 5.81. The van der Waals surface area contributed by atoms with Gasteiger partial charge in [0.1, 0.15) is 0 Å². The van der Waals surface area contributed by atoms with Crippen molar-refractivity contribution in [2.75, 3.05) is 0 Å². The number of Topliss-reactive ketones (excluding diaryl/α,β-unsaturated/α-hetero) is 1. The van der Waals surface area contributed by atoms with Crippen LogP contribution in [0.1, 0.15) is 34.7 Å². The van der Waals surface area contributed by atoms with E-state index in [0.717, 1.165) is 16.7 Å². The second-order valence-corrected chi connectivity index (χ2v) is 11.3. The monoisotopic (exact) mass is 538 g/mol. The number of carbonyl (C=O) groups is 1. The topological polar surface area (TPSA) is 106 Å². The number of nitro benzene ring substituents is 1. The van der Waals surface area contributed by atoms with Gasteiger partial charge in [-0.15, -0.1) is 0 Å². The summed E-state index contributed by atoms with van der Waals surface area (Å²) in [4.78, 5) is 25.5. The summed E-state index contributed by atoms with van der Waals surface area (Å²) in [5.41, 5.74) is 1.74. The first-order chi connectivity index (χ1) is 18.7. The van der Waals surface area contributed by atoms with Gasteiger partial charge in [-0.1, -0.05) is 96.6 Å². The molecule has 1 atom stereocenters. The van der Waals surface area contributed by atoms with Gasteiger partial charge in [-0.2, -0.15) is 4.72 Å². The molecule has 4 aromatic rings. The largest absolute Gasteiger partial charge is 0.293 e. The lowest BCUT2D eigenvalue weighted by Gasteiger charge is -2.31. The molecule has 0 aromatic heterocycles. The second-order valence-electron chi connectivity index (χ2n) is 9.55. The van der Waals surface area contributed by atoms with Gasteiger partial charge in [-0.05, 0) is 42.2 Å². The Morgan fingerprint density at radius 2 is 1.44 bits per heavy atom. The number of non-ortho nitro benzene ring substituents is 1. The van der Waals surface area contributed by atoms with E-state index in [9.17, 15) is 23.3 Å². The van der Waals surface area contributed by atoms with Crippen LogP contribution in [0.5, 0.6) is 0 Å². The molecule has 0 spiro atoms. The predicted molar refractivity (Wildman–Crippen MR) is 149 cm³/mol. The Balaban J connectivity index is 1.64. The molecule has 0 unspecified atom stereocenters. The zero-order valence-electron chi connectivity index (χ0n) is 21.2. The van der Waals surface area contributed by atoms with Gasteiger partial charge in [0.2, 0.25) is 10.0 Å². The fraction of sp³-hybridized carbons (Fsp3) is 0.129. The first kappa shape index (κ1) is 26.2. The average molecular weight is 539 g/mol. The summed E-state index contributed by atoms with van der Waals surface area (Å²) in [6, 6.07) is 29.7. The Kier molecular flexibility index (Phi) is 6.99. The summed E-state index contributed by atoms with van der Waals surface area (Å²) in [6.45, 7) is 1.85. The van der Waals surface area contributed by atoms with Gasteiger partial charge >= 0.3 is 0 Å². The van der Waals surface area contributed by atoms with Crippen molar-refractivity contribution in [2.45, 2.75) is 29.7 Å². The van der Waals surface area contributed by atoms with Crippen LogP contribution < -0.4 is 4.72 Å². The molecular weight excluding hydrogens is 512 g/mol. The van der Waals surface area contributed by atoms with E-state index in [1.165, 1.54) is 30.3 Å². The van der Waals surface area contributed by atoms with Gasteiger partial charge in [0.15, 0.2) is 5.78 Å². The molecule has 39 heavy (non-hydrogen) atoms. The molecule has 196 valence electrons. The fourth-order valence-corrected chi connectivity index (χ4v) is 6.33. The number of sulfonamides is 1. The molecule has 0 saturated heterocycles. The zero-order valence-corrected chi connectivity index (χ0v) is 22.0. The SMILES string of the molecule is Cc1ccc(S(=O)(=O)N[C@H](C2=CCC(c3ccccc3)(c3ccccc3)C2=O)c2cccc([N+](=O)[O-])c2)cc1. The molecule has 8 heteroatoms. The lowest BCUT2D eigenvalue weighted by Crippen LogP contribution is -2.38. The van der Waals surface area contributed by atoms with E-state index >= 15 is 0 Å². The quantitative estimate of drug-likeness (QED) is 0.225. The molecule has 0 radical (unpaired) electrons. The maximum absolute atomic E-state index is 14.5. The van der Waals surface area contributed by atoms with Crippen molar-refractivity contribution in [3.8, 4) is 0 Å². The summed E-state index contributed by atoms with van der Waals surface area (Å²) in [5.74, 6) is -0.261. The Labute approximate surface area is 227 Å². The Bertz CT molecular complexity index is 1630. The number of hydrogen-bond donors (Lipinski definition) is 1. The molecule has 0 bridgehead atoms. The van der Waals surface area contributed by atoms with Crippen LogP contribution in [0.3, 0.4) is 0 Å². The zero-order chi connectivity index (χ0) is 27.6. The summed E-state index contributed by atoms with van der Waals surface area (Å²) in [5, 5.41) is 11.6. The van der Waals surface area contributed by atoms with Crippen molar-refractivity contribution in [1.82, 2.24) is 4.72 Å². The van der Waals surface area contributed by atoms with Crippen LogP contribution in [0.4, 0.5) is 5.69 Å². The van der Waals surface area contributed by atoms with Crippen LogP contribution in [-0.2, 0) is 20.2 Å². The molecule has 1 aliphatic rings. The van der Waals surface area contributed by atoms with Gasteiger partial charge in [0.05, 0.1) is 21.3 Å². The highest BCUT2D eigenvalue weighted by atomic mass is 32.2. The third kappa shape index (κ3) is 4.92. The molecule has 1 N–H and O–H groups in total. The summed E-state index contributed by atoms with van der Waals surface area (Å²) < 4.78 is 29.7. The minimum absolute atomic E-state index is 0.0342. The number of allylic oxidation sites excluding steroid dienone is 1. The van der Waals surface area contributed by atoms with E-state index in [2.05, 4.69) is 4.72 Å². The third-order valence-corrected chi connectivity index (χ3v) is 8.58. The van der Waals surface area contributed by atoms with Crippen molar-refractivity contribution < 1.29 is 18.1 Å². The number of nitrogens with zero attached hydrogens (tertiary/aromatic N) is 1. The van der Waals surface area contributed by atoms with Crippen molar-refractivity contribution >= 4 is 21.5 Å². The van der Waals surface area contributed by atoms with Gasteiger partial charge in [0, 0.05) is 17.7 Å². The number of benzene rings is 4. The van der Waals surface area contributed by atoms with E-state index < -0.39 is 26.4 Å². The highest BCUT2D eigenvalue weighted by Gasteiger charge is 2.48. The van der Waals surface area contributed by atoms with Crippen molar-refractivity contribution in [1.29, 1.82) is 0 Å². The van der Waals surface area contributed by atoms with E-state index in [4.69, 9.17) is 0 Å². The molecule has 5 rings (SSSR count). The normalized spacial score (nSPS) is 15.5. The molecule has 4 aromatic carbocycles. The molecule has 0 fully saturated rings. The van der Waals surface area contributed by atoms with Crippen LogP contribution in [0.25, 0.3) is 0 Å². The number of nitrogens with one attached hydrogen (secondary N) is 1. The minimum Gasteiger partial charge on any atom is -0.293 e. The molecule has 0 heterocycles. The van der Waals surface area contributed by atoms with Crippen LogP contribution in [0.15, 0.2) is 126 Å². The lowest BCUT2D eigenvalue weighted by molar-refractivity contribution is -0.384. The first-order valence-electron chi connectivity index (χ1n) is 12.4. The van der Waals surface area contributed by atoms with E-state index in [1.807, 2.05) is 67.6 Å². The van der Waals surface area contributed by atoms with Gasteiger partial charge in [0.25, 0.3) is 5.69 Å². The van der Waals surface area contributed by atoms with Crippen LogP contribution in [0, 0.1) is 17.0 Å². The first-order valence-corrected chi connectivity index (χ1v) is 13.9. The standard InChI is InChI=1S/C31H26N2O5S/c1-22-15-17-27(18-16-22)39(37,38)32-29(23-9-8-14-26(21-23)33(35)36)28-19-20-31(30(28)34,24-10-4-2-5-11-24)25-12-6-3-7-13-25/h2-19,21,29,32H,20H2,1H3/t29-/m0/s1. The average Bonchev–Trinajstić information content (AvgIpc) is 3.30. The minimum atomic E-state index is -4.10. The number of rotatable bonds is 8. The van der Waals surface area contributed by atoms with Gasteiger partial charge in [-0.25, -0.2) is 8.42 Å². The Morgan fingerprint density at radius 3 is 2.00 bits per heavy atom. The molecule has 7 nitrogen and oxygen atoms in total.